The van der Waals surface area contributed by atoms with Crippen molar-refractivity contribution in [1.29, 1.82) is 0 Å². The van der Waals surface area contributed by atoms with Crippen molar-refractivity contribution in [3.8, 4) is 5.69 Å². The highest BCUT2D eigenvalue weighted by Gasteiger charge is 2.35. The fourth-order valence-corrected chi connectivity index (χ4v) is 4.57. The van der Waals surface area contributed by atoms with Crippen LogP contribution in [0.2, 0.25) is 0 Å². The monoisotopic (exact) mass is 475 g/mol. The summed E-state index contributed by atoms with van der Waals surface area (Å²) < 4.78 is 46.2. The van der Waals surface area contributed by atoms with Crippen molar-refractivity contribution in [2.45, 2.75) is 24.1 Å². The fraction of sp³-hybridized carbons (Fsp3) is 0.261. The lowest BCUT2D eigenvalue weighted by Gasteiger charge is -2.19. The number of benzene rings is 2. The van der Waals surface area contributed by atoms with E-state index in [9.17, 15) is 22.8 Å². The summed E-state index contributed by atoms with van der Waals surface area (Å²) in [6.07, 6.45) is -4.14. The quantitative estimate of drug-likeness (QED) is 0.523. The lowest BCUT2D eigenvalue weighted by molar-refractivity contribution is -0.144. The highest BCUT2D eigenvalue weighted by atomic mass is 32.2. The zero-order valence-corrected chi connectivity index (χ0v) is 18.4. The predicted molar refractivity (Wildman–Crippen MR) is 120 cm³/mol. The SMILES string of the molecule is Cn1c(C(F)(F)F)cc(=O)n(-c2ccc3c(c2)/C(=N/COCc2ccccc2)CCS3)c1=O. The largest absolute Gasteiger partial charge is 0.431 e. The summed E-state index contributed by atoms with van der Waals surface area (Å²) in [5.41, 5.74) is -0.691. The topological polar surface area (TPSA) is 65.6 Å². The summed E-state index contributed by atoms with van der Waals surface area (Å²) >= 11 is 1.61. The van der Waals surface area contributed by atoms with E-state index in [2.05, 4.69) is 4.99 Å². The third kappa shape index (κ3) is 4.96. The maximum Gasteiger partial charge on any atom is 0.431 e. The Balaban J connectivity index is 1.64. The van der Waals surface area contributed by atoms with Crippen LogP contribution in [0.15, 0.2) is 74.1 Å². The molecule has 0 N–H and O–H groups in total. The third-order valence-corrected chi connectivity index (χ3v) is 6.27. The van der Waals surface area contributed by atoms with Gasteiger partial charge in [0.25, 0.3) is 5.56 Å². The van der Waals surface area contributed by atoms with E-state index in [0.717, 1.165) is 39.1 Å². The molecule has 0 saturated heterocycles. The highest BCUT2D eigenvalue weighted by molar-refractivity contribution is 7.99. The first-order chi connectivity index (χ1) is 15.8. The number of ether oxygens (including phenoxy) is 1. The molecule has 172 valence electrons. The average Bonchev–Trinajstić information content (AvgIpc) is 2.79. The molecule has 1 aliphatic heterocycles. The summed E-state index contributed by atoms with van der Waals surface area (Å²) in [5.74, 6) is 0.811. The molecule has 1 aliphatic rings. The minimum atomic E-state index is -4.81. The first-order valence-electron chi connectivity index (χ1n) is 10.1. The van der Waals surface area contributed by atoms with Gasteiger partial charge in [-0.2, -0.15) is 13.2 Å². The van der Waals surface area contributed by atoms with Crippen LogP contribution in [0.4, 0.5) is 13.2 Å². The molecule has 10 heteroatoms. The number of hydrogen-bond donors (Lipinski definition) is 0. The standard InChI is InChI=1S/C23H20F3N3O3S/c1-28-20(23(24,25)26)12-21(30)29(22(28)31)16-7-8-19-17(11-16)18(9-10-33-19)27-14-32-13-15-5-3-2-4-6-15/h2-8,11-12H,9-10,13-14H2,1H3/b27-18+. The van der Waals surface area contributed by atoms with Gasteiger partial charge in [-0.05, 0) is 30.2 Å². The fourth-order valence-electron chi connectivity index (χ4n) is 3.56. The second-order valence-electron chi connectivity index (χ2n) is 7.39. The Labute approximate surface area is 191 Å². The van der Waals surface area contributed by atoms with Crippen molar-refractivity contribution < 1.29 is 17.9 Å². The average molecular weight is 475 g/mol. The summed E-state index contributed by atoms with van der Waals surface area (Å²) in [4.78, 5) is 30.5. The number of thioether (sulfide) groups is 1. The number of alkyl halides is 3. The molecule has 0 spiro atoms. The Morgan fingerprint density at radius 1 is 1.09 bits per heavy atom. The van der Waals surface area contributed by atoms with Crippen molar-refractivity contribution >= 4 is 17.5 Å². The van der Waals surface area contributed by atoms with E-state index in [1.807, 2.05) is 30.3 Å². The van der Waals surface area contributed by atoms with Gasteiger partial charge in [0, 0.05) is 35.0 Å². The van der Waals surface area contributed by atoms with Crippen LogP contribution in [0.3, 0.4) is 0 Å². The molecule has 0 unspecified atom stereocenters. The van der Waals surface area contributed by atoms with Crippen molar-refractivity contribution in [2.75, 3.05) is 12.5 Å². The van der Waals surface area contributed by atoms with Crippen LogP contribution in [0.5, 0.6) is 0 Å². The van der Waals surface area contributed by atoms with Gasteiger partial charge in [-0.1, -0.05) is 30.3 Å². The molecular weight excluding hydrogens is 455 g/mol. The molecule has 6 nitrogen and oxygen atoms in total. The molecular formula is C23H20F3N3O3S. The molecule has 0 fully saturated rings. The zero-order chi connectivity index (χ0) is 23.6. The van der Waals surface area contributed by atoms with E-state index in [1.54, 1.807) is 30.0 Å². The molecule has 0 amide bonds. The van der Waals surface area contributed by atoms with Gasteiger partial charge in [0.15, 0.2) is 0 Å². The lowest BCUT2D eigenvalue weighted by atomic mass is 10.1. The number of halogens is 3. The first-order valence-corrected chi connectivity index (χ1v) is 11.1. The molecule has 0 atom stereocenters. The number of fused-ring (bicyclic) bond motifs is 1. The number of rotatable bonds is 5. The van der Waals surface area contributed by atoms with E-state index >= 15 is 0 Å². The van der Waals surface area contributed by atoms with E-state index in [-0.39, 0.29) is 12.4 Å². The normalized spacial score (nSPS) is 15.0. The van der Waals surface area contributed by atoms with Gasteiger partial charge in [-0.15, -0.1) is 11.8 Å². The summed E-state index contributed by atoms with van der Waals surface area (Å²) in [6, 6.07) is 15.0. The van der Waals surface area contributed by atoms with Crippen molar-refractivity contribution in [1.82, 2.24) is 9.13 Å². The van der Waals surface area contributed by atoms with Crippen LogP contribution in [0, 0.1) is 0 Å². The lowest BCUT2D eigenvalue weighted by Crippen LogP contribution is -2.40. The van der Waals surface area contributed by atoms with Crippen LogP contribution in [0.1, 0.15) is 23.2 Å². The molecule has 1 aromatic heterocycles. The summed E-state index contributed by atoms with van der Waals surface area (Å²) in [6.45, 7) is 0.552. The number of aromatic nitrogens is 2. The van der Waals surface area contributed by atoms with Gasteiger partial charge in [-0.3, -0.25) is 14.4 Å². The van der Waals surface area contributed by atoms with Crippen LogP contribution in [-0.2, 0) is 24.6 Å². The number of nitrogens with zero attached hydrogens (tertiary/aromatic N) is 3. The van der Waals surface area contributed by atoms with Crippen molar-refractivity contribution in [3.63, 3.8) is 0 Å². The Kier molecular flexibility index (Phi) is 6.57. The Hall–Kier alpha value is -3.11. The Bertz CT molecular complexity index is 1310. The molecule has 3 aromatic rings. The third-order valence-electron chi connectivity index (χ3n) is 5.20. The molecule has 0 aliphatic carbocycles. The van der Waals surface area contributed by atoms with Gasteiger partial charge in [0.1, 0.15) is 12.4 Å². The van der Waals surface area contributed by atoms with Gasteiger partial charge in [0.2, 0.25) is 0 Å². The van der Waals surface area contributed by atoms with Gasteiger partial charge < -0.3 is 4.74 Å². The molecule has 0 radical (unpaired) electrons. The maximum absolute atomic E-state index is 13.1. The zero-order valence-electron chi connectivity index (χ0n) is 17.6. The molecule has 33 heavy (non-hydrogen) atoms. The Morgan fingerprint density at radius 3 is 2.58 bits per heavy atom. The molecule has 0 saturated carbocycles. The van der Waals surface area contributed by atoms with Crippen molar-refractivity contribution in [3.05, 3.63) is 92.3 Å². The first kappa shape index (κ1) is 23.1. The second kappa shape index (κ2) is 9.40. The molecule has 2 aromatic carbocycles. The van der Waals surface area contributed by atoms with Gasteiger partial charge in [0.05, 0.1) is 12.3 Å². The predicted octanol–water partition coefficient (Wildman–Crippen LogP) is 4.01. The molecule has 0 bridgehead atoms. The minimum Gasteiger partial charge on any atom is -0.355 e. The van der Waals surface area contributed by atoms with Gasteiger partial charge in [-0.25, -0.2) is 9.36 Å². The summed E-state index contributed by atoms with van der Waals surface area (Å²) in [7, 11) is 0.992. The summed E-state index contributed by atoms with van der Waals surface area (Å²) in [5, 5.41) is 0. The van der Waals surface area contributed by atoms with Crippen LogP contribution >= 0.6 is 11.8 Å². The molecule has 4 rings (SSSR count). The van der Waals surface area contributed by atoms with Crippen LogP contribution in [0.25, 0.3) is 5.69 Å². The van der Waals surface area contributed by atoms with Crippen LogP contribution in [-0.4, -0.2) is 27.3 Å². The maximum atomic E-state index is 13.1. The molecule has 2 heterocycles. The number of aliphatic imine (C=N–C) groups is 1. The van der Waals surface area contributed by atoms with E-state index in [0.29, 0.717) is 23.7 Å². The van der Waals surface area contributed by atoms with Crippen LogP contribution < -0.4 is 11.2 Å². The van der Waals surface area contributed by atoms with E-state index < -0.39 is 23.1 Å². The second-order valence-corrected chi connectivity index (χ2v) is 8.53. The number of hydrogen-bond acceptors (Lipinski definition) is 5. The van der Waals surface area contributed by atoms with E-state index in [4.69, 9.17) is 4.74 Å². The smallest absolute Gasteiger partial charge is 0.355 e. The van der Waals surface area contributed by atoms with Crippen molar-refractivity contribution in [2.24, 2.45) is 12.0 Å². The highest BCUT2D eigenvalue weighted by Crippen LogP contribution is 2.32. The Morgan fingerprint density at radius 2 is 1.85 bits per heavy atom. The minimum absolute atomic E-state index is 0.139. The van der Waals surface area contributed by atoms with E-state index in [1.165, 1.54) is 0 Å². The van der Waals surface area contributed by atoms with Gasteiger partial charge >= 0.3 is 11.9 Å².